The summed E-state index contributed by atoms with van der Waals surface area (Å²) < 4.78 is 10.4. The van der Waals surface area contributed by atoms with Crippen molar-refractivity contribution >= 4 is 17.5 Å². The van der Waals surface area contributed by atoms with Crippen molar-refractivity contribution in [2.75, 3.05) is 25.3 Å². The smallest absolute Gasteiger partial charge is 0.271 e. The van der Waals surface area contributed by atoms with Crippen LogP contribution in [0.15, 0.2) is 17.3 Å². The van der Waals surface area contributed by atoms with Gasteiger partial charge >= 0.3 is 0 Å². The molecule has 2 N–H and O–H groups in total. The van der Waals surface area contributed by atoms with Gasteiger partial charge < -0.3 is 15.1 Å². The molecule has 1 atom stereocenters. The molecule has 3 aromatic heterocycles. The molecule has 10 heteroatoms. The maximum Gasteiger partial charge on any atom is 0.271 e. The van der Waals surface area contributed by atoms with Crippen molar-refractivity contribution in [1.82, 2.24) is 29.2 Å². The fourth-order valence-corrected chi connectivity index (χ4v) is 4.34. The van der Waals surface area contributed by atoms with Crippen LogP contribution in [0.2, 0.25) is 0 Å². The van der Waals surface area contributed by atoms with E-state index in [1.165, 1.54) is 16.4 Å². The molecular formula is C19H27N7O2S. The number of rotatable bonds is 8. The summed E-state index contributed by atoms with van der Waals surface area (Å²) in [7, 11) is 1.68. The van der Waals surface area contributed by atoms with E-state index in [1.54, 1.807) is 11.8 Å². The molecule has 0 aliphatic carbocycles. The van der Waals surface area contributed by atoms with Crippen LogP contribution in [-0.2, 0) is 4.74 Å². The number of thioether (sulfide) groups is 1. The molecule has 3 aromatic rings. The lowest BCUT2D eigenvalue weighted by atomic mass is 10.2. The largest absolute Gasteiger partial charge is 0.383 e. The molecule has 29 heavy (non-hydrogen) atoms. The highest BCUT2D eigenvalue weighted by Gasteiger charge is 2.21. The number of aromatic nitrogens is 6. The maximum atomic E-state index is 12.8. The number of ether oxygens (including phenoxy) is 1. The van der Waals surface area contributed by atoms with Crippen molar-refractivity contribution < 1.29 is 9.53 Å². The van der Waals surface area contributed by atoms with E-state index in [0.717, 1.165) is 22.8 Å². The summed E-state index contributed by atoms with van der Waals surface area (Å²) in [5, 5.41) is 13.1. The Balaban J connectivity index is 1.75. The quantitative estimate of drug-likeness (QED) is 0.341. The zero-order chi connectivity index (χ0) is 21.3. The van der Waals surface area contributed by atoms with Crippen LogP contribution >= 0.6 is 11.8 Å². The molecule has 0 fully saturated rings. The first-order chi connectivity index (χ1) is 13.7. The number of hydrogen-bond donors (Lipinski definition) is 1. The molecule has 0 aliphatic heterocycles. The lowest BCUT2D eigenvalue weighted by Gasteiger charge is -2.17. The van der Waals surface area contributed by atoms with Crippen LogP contribution in [0.4, 0.5) is 0 Å². The van der Waals surface area contributed by atoms with E-state index in [4.69, 9.17) is 10.6 Å². The summed E-state index contributed by atoms with van der Waals surface area (Å²) in [5.41, 5.74) is 4.46. The van der Waals surface area contributed by atoms with E-state index in [2.05, 4.69) is 26.8 Å². The SMILES string of the molecule is COCC(C)n1c(C)cc(C(=O)CSc2nnc(-n3nc(C)cc3C)n2N)c1C. The number of ketones is 1. The number of carbonyl (C=O) groups excluding carboxylic acids is 1. The predicted molar refractivity (Wildman–Crippen MR) is 112 cm³/mol. The first-order valence-electron chi connectivity index (χ1n) is 9.32. The Labute approximate surface area is 174 Å². The molecule has 0 aliphatic rings. The monoisotopic (exact) mass is 417 g/mol. The fourth-order valence-electron chi connectivity index (χ4n) is 3.60. The highest BCUT2D eigenvalue weighted by atomic mass is 32.2. The average Bonchev–Trinajstić information content (AvgIpc) is 3.28. The summed E-state index contributed by atoms with van der Waals surface area (Å²) >= 11 is 1.26. The molecule has 0 radical (unpaired) electrons. The number of nitrogens with two attached hydrogens (primary N) is 1. The van der Waals surface area contributed by atoms with Crippen LogP contribution in [0.1, 0.15) is 46.1 Å². The normalized spacial score (nSPS) is 12.5. The second kappa shape index (κ2) is 8.42. The number of hydrogen-bond acceptors (Lipinski definition) is 7. The van der Waals surface area contributed by atoms with Crippen LogP contribution in [-0.4, -0.2) is 54.5 Å². The second-order valence-corrected chi connectivity index (χ2v) is 8.11. The van der Waals surface area contributed by atoms with E-state index >= 15 is 0 Å². The Morgan fingerprint density at radius 1 is 1.21 bits per heavy atom. The van der Waals surface area contributed by atoms with Gasteiger partial charge in [-0.3, -0.25) is 4.79 Å². The minimum absolute atomic E-state index is 0.0228. The van der Waals surface area contributed by atoms with E-state index < -0.39 is 0 Å². The Morgan fingerprint density at radius 3 is 2.55 bits per heavy atom. The lowest BCUT2D eigenvalue weighted by molar-refractivity contribution is 0.102. The summed E-state index contributed by atoms with van der Waals surface area (Å²) in [6.45, 7) is 10.4. The standard InChI is InChI=1S/C19H27N7O2S/c1-11-7-13(3)26(23-11)18-21-22-19(25(18)20)29-10-17(27)16-8-12(2)24(15(16)5)14(4)9-28-6/h7-8,14H,9-10,20H2,1-6H3. The second-order valence-electron chi connectivity index (χ2n) is 7.16. The van der Waals surface area contributed by atoms with Crippen LogP contribution in [0, 0.1) is 27.7 Å². The third kappa shape index (κ3) is 4.08. The van der Waals surface area contributed by atoms with Gasteiger partial charge in [-0.25, -0.2) is 9.36 Å². The van der Waals surface area contributed by atoms with Gasteiger partial charge in [0.2, 0.25) is 5.16 Å². The Morgan fingerprint density at radius 2 is 1.93 bits per heavy atom. The minimum Gasteiger partial charge on any atom is -0.383 e. The molecule has 0 spiro atoms. The first-order valence-corrected chi connectivity index (χ1v) is 10.3. The third-order valence-corrected chi connectivity index (χ3v) is 5.75. The van der Waals surface area contributed by atoms with E-state index in [-0.39, 0.29) is 17.6 Å². The molecule has 0 saturated heterocycles. The molecule has 0 amide bonds. The summed E-state index contributed by atoms with van der Waals surface area (Å²) in [6.07, 6.45) is 0. The summed E-state index contributed by atoms with van der Waals surface area (Å²) in [5.74, 6) is 6.80. The van der Waals surface area contributed by atoms with Gasteiger partial charge in [-0.2, -0.15) is 5.10 Å². The van der Waals surface area contributed by atoms with Crippen molar-refractivity contribution in [2.24, 2.45) is 0 Å². The molecule has 9 nitrogen and oxygen atoms in total. The van der Waals surface area contributed by atoms with Crippen molar-refractivity contribution in [3.05, 3.63) is 40.5 Å². The highest BCUT2D eigenvalue weighted by molar-refractivity contribution is 7.99. The van der Waals surface area contributed by atoms with Gasteiger partial charge in [-0.05, 0) is 46.8 Å². The number of aryl methyl sites for hydroxylation is 3. The topological polar surface area (TPSA) is 106 Å². The Kier molecular flexibility index (Phi) is 6.13. The van der Waals surface area contributed by atoms with Crippen LogP contribution in [0.5, 0.6) is 0 Å². The number of nitrogen functional groups attached to an aromatic ring is 1. The fraction of sp³-hybridized carbons (Fsp3) is 0.474. The number of Topliss-reactive ketones (excluding diaryl/α,β-unsaturated/α-hetero) is 1. The predicted octanol–water partition coefficient (Wildman–Crippen LogP) is 2.40. The zero-order valence-electron chi connectivity index (χ0n) is 17.6. The van der Waals surface area contributed by atoms with Crippen LogP contribution in [0.3, 0.4) is 0 Å². The lowest BCUT2D eigenvalue weighted by Crippen LogP contribution is -2.17. The van der Waals surface area contributed by atoms with Gasteiger partial charge in [-0.1, -0.05) is 11.8 Å². The molecule has 0 aromatic carbocycles. The minimum atomic E-state index is 0.0228. The molecule has 156 valence electrons. The summed E-state index contributed by atoms with van der Waals surface area (Å²) in [6, 6.07) is 4.02. The van der Waals surface area contributed by atoms with Crippen LogP contribution in [0.25, 0.3) is 5.95 Å². The molecule has 0 bridgehead atoms. The van der Waals surface area contributed by atoms with Gasteiger partial charge in [0, 0.05) is 29.8 Å². The van der Waals surface area contributed by atoms with Gasteiger partial charge in [-0.15, -0.1) is 10.2 Å². The molecule has 0 saturated carbocycles. The first kappa shape index (κ1) is 21.1. The average molecular weight is 418 g/mol. The number of methoxy groups -OCH3 is 1. The van der Waals surface area contributed by atoms with Gasteiger partial charge in [0.1, 0.15) is 0 Å². The highest BCUT2D eigenvalue weighted by Crippen LogP contribution is 2.24. The number of carbonyl (C=O) groups is 1. The van der Waals surface area contributed by atoms with Crippen molar-refractivity contribution in [2.45, 2.75) is 45.8 Å². The van der Waals surface area contributed by atoms with Gasteiger partial charge in [0.15, 0.2) is 5.78 Å². The van der Waals surface area contributed by atoms with Gasteiger partial charge in [0.25, 0.3) is 5.95 Å². The Hall–Kier alpha value is -2.59. The van der Waals surface area contributed by atoms with E-state index in [0.29, 0.717) is 23.3 Å². The Bertz CT molecular complexity index is 1030. The van der Waals surface area contributed by atoms with Crippen molar-refractivity contribution in [1.29, 1.82) is 0 Å². The maximum absolute atomic E-state index is 12.8. The zero-order valence-corrected chi connectivity index (χ0v) is 18.4. The number of nitrogens with zero attached hydrogens (tertiary/aromatic N) is 6. The van der Waals surface area contributed by atoms with Crippen molar-refractivity contribution in [3.63, 3.8) is 0 Å². The molecule has 3 rings (SSSR count). The molecular weight excluding hydrogens is 390 g/mol. The van der Waals surface area contributed by atoms with E-state index in [9.17, 15) is 4.79 Å². The van der Waals surface area contributed by atoms with Crippen LogP contribution < -0.4 is 5.84 Å². The van der Waals surface area contributed by atoms with Gasteiger partial charge in [0.05, 0.1) is 24.1 Å². The third-order valence-electron chi connectivity index (χ3n) is 4.81. The molecule has 3 heterocycles. The van der Waals surface area contributed by atoms with Crippen molar-refractivity contribution in [3.8, 4) is 5.95 Å². The summed E-state index contributed by atoms with van der Waals surface area (Å²) in [4.78, 5) is 12.8. The molecule has 1 unspecified atom stereocenters. The van der Waals surface area contributed by atoms with E-state index in [1.807, 2.05) is 39.8 Å².